The van der Waals surface area contributed by atoms with Crippen LogP contribution in [0.2, 0.25) is 5.02 Å². The van der Waals surface area contributed by atoms with Crippen LogP contribution < -0.4 is 10.1 Å². The number of aliphatic hydroxyl groups is 1. The summed E-state index contributed by atoms with van der Waals surface area (Å²) in [7, 11) is 1.84. The lowest BCUT2D eigenvalue weighted by atomic mass is 10.2. The van der Waals surface area contributed by atoms with Gasteiger partial charge in [0.2, 0.25) is 0 Å². The van der Waals surface area contributed by atoms with Gasteiger partial charge in [-0.2, -0.15) is 5.10 Å². The van der Waals surface area contributed by atoms with Gasteiger partial charge in [0.25, 0.3) is 0 Å². The van der Waals surface area contributed by atoms with Crippen LogP contribution in [0.3, 0.4) is 0 Å². The molecule has 9 nitrogen and oxygen atoms in total. The fourth-order valence-electron chi connectivity index (χ4n) is 3.87. The highest BCUT2D eigenvalue weighted by Gasteiger charge is 2.25. The number of carbonyl (C=O) groups excluding carboxylic acids is 1. The molecule has 1 saturated carbocycles. The van der Waals surface area contributed by atoms with Gasteiger partial charge in [-0.15, -0.1) is 0 Å². The smallest absolute Gasteiger partial charge is 0.406 e. The third kappa shape index (κ3) is 3.35. The minimum absolute atomic E-state index is 0.0916. The van der Waals surface area contributed by atoms with Crippen LogP contribution >= 0.6 is 11.6 Å². The summed E-state index contributed by atoms with van der Waals surface area (Å²) in [6.45, 7) is 0. The van der Waals surface area contributed by atoms with Gasteiger partial charge >= 0.3 is 6.09 Å². The van der Waals surface area contributed by atoms with E-state index in [1.165, 1.54) is 0 Å². The molecule has 1 aliphatic carbocycles. The number of nitrogens with zero attached hydrogens (tertiary/aromatic N) is 4. The normalized spacial score (nSPS) is 18.9. The zero-order valence-electron chi connectivity index (χ0n) is 16.1. The summed E-state index contributed by atoms with van der Waals surface area (Å²) in [5.41, 5.74) is 3.03. The third-order valence-electron chi connectivity index (χ3n) is 5.33. The minimum atomic E-state index is -0.583. The van der Waals surface area contributed by atoms with Crippen molar-refractivity contribution in [2.45, 2.75) is 31.4 Å². The Hall–Kier alpha value is -3.17. The summed E-state index contributed by atoms with van der Waals surface area (Å²) in [5, 5.41) is 18.5. The quantitative estimate of drug-likeness (QED) is 0.463. The van der Waals surface area contributed by atoms with Crippen LogP contribution in [-0.2, 0) is 7.05 Å². The molecule has 1 aromatic carbocycles. The Morgan fingerprint density at radius 1 is 1.40 bits per heavy atom. The van der Waals surface area contributed by atoms with Crippen LogP contribution in [-0.4, -0.2) is 48.1 Å². The van der Waals surface area contributed by atoms with E-state index in [9.17, 15) is 9.90 Å². The number of benzene rings is 1. The number of amides is 1. The van der Waals surface area contributed by atoms with Gasteiger partial charge < -0.3 is 20.1 Å². The van der Waals surface area contributed by atoms with Crippen molar-refractivity contribution in [2.24, 2.45) is 7.05 Å². The maximum Gasteiger partial charge on any atom is 0.412 e. The van der Waals surface area contributed by atoms with Gasteiger partial charge in [0.05, 0.1) is 17.8 Å². The van der Waals surface area contributed by atoms with E-state index < -0.39 is 6.09 Å². The van der Waals surface area contributed by atoms with Crippen LogP contribution in [0.4, 0.5) is 4.79 Å². The number of nitrogens with one attached hydrogen (secondary N) is 2. The van der Waals surface area contributed by atoms with Crippen molar-refractivity contribution in [2.75, 3.05) is 0 Å². The Morgan fingerprint density at radius 3 is 3.07 bits per heavy atom. The molecule has 1 amide bonds. The van der Waals surface area contributed by atoms with E-state index in [1.54, 1.807) is 23.1 Å². The van der Waals surface area contributed by atoms with Crippen molar-refractivity contribution in [1.82, 2.24) is 30.0 Å². The second-order valence-electron chi connectivity index (χ2n) is 7.44. The number of carbonyl (C=O) groups is 1. The largest absolute Gasteiger partial charge is 0.412 e. The molecule has 1 fully saturated rings. The fourth-order valence-corrected chi connectivity index (χ4v) is 4.03. The van der Waals surface area contributed by atoms with Crippen molar-refractivity contribution in [3.63, 3.8) is 0 Å². The molecule has 0 radical (unpaired) electrons. The Kier molecular flexibility index (Phi) is 4.56. The second-order valence-corrected chi connectivity index (χ2v) is 7.87. The average molecular weight is 427 g/mol. The van der Waals surface area contributed by atoms with Crippen molar-refractivity contribution >= 4 is 39.8 Å². The highest BCUT2D eigenvalue weighted by Crippen LogP contribution is 2.30. The fraction of sp³-hybridized carbons (Fsp3) is 0.300. The molecule has 0 unspecified atom stereocenters. The number of fused-ring (bicyclic) bond motifs is 2. The molecule has 154 valence electrons. The Labute approximate surface area is 176 Å². The maximum absolute atomic E-state index is 12.3. The lowest BCUT2D eigenvalue weighted by Gasteiger charge is -2.11. The van der Waals surface area contributed by atoms with Crippen LogP contribution in [0.1, 0.15) is 19.3 Å². The molecule has 10 heteroatoms. The molecule has 3 heterocycles. The first-order valence-corrected chi connectivity index (χ1v) is 9.99. The molecule has 4 aromatic rings. The van der Waals surface area contributed by atoms with Gasteiger partial charge in [-0.25, -0.2) is 14.8 Å². The van der Waals surface area contributed by atoms with Gasteiger partial charge in [0.1, 0.15) is 11.4 Å². The molecule has 2 atom stereocenters. The van der Waals surface area contributed by atoms with E-state index in [0.29, 0.717) is 40.4 Å². The summed E-state index contributed by atoms with van der Waals surface area (Å²) in [6, 6.07) is 5.44. The molecule has 30 heavy (non-hydrogen) atoms. The topological polar surface area (TPSA) is 118 Å². The molecule has 1 aliphatic rings. The van der Waals surface area contributed by atoms with Gasteiger partial charge in [0, 0.05) is 29.7 Å². The second kappa shape index (κ2) is 7.26. The highest BCUT2D eigenvalue weighted by atomic mass is 35.5. The number of rotatable bonds is 3. The Balaban J connectivity index is 1.46. The minimum Gasteiger partial charge on any atom is -0.406 e. The monoisotopic (exact) mass is 426 g/mol. The number of H-pyrrole nitrogens is 1. The molecule has 0 bridgehead atoms. The van der Waals surface area contributed by atoms with Crippen LogP contribution in [0.15, 0.2) is 30.6 Å². The first-order valence-electron chi connectivity index (χ1n) is 9.61. The molecule has 5 rings (SSSR count). The summed E-state index contributed by atoms with van der Waals surface area (Å²) >= 11 is 6.11. The molecular formula is C20H19ClN6O3. The lowest BCUT2D eigenvalue weighted by molar-refractivity contribution is 0.176. The Morgan fingerprint density at radius 2 is 2.27 bits per heavy atom. The SMILES string of the molecule is Cn1nc(-c2cnc3[nH]cc(OC(=O)N[C@@H]4CC[C@H](O)C4)c3n2)c2ccc(Cl)cc21. The van der Waals surface area contributed by atoms with Crippen molar-refractivity contribution < 1.29 is 14.6 Å². The highest BCUT2D eigenvalue weighted by molar-refractivity contribution is 6.31. The number of aromatic amines is 1. The predicted octanol–water partition coefficient (Wildman–Crippen LogP) is 3.17. The average Bonchev–Trinajstić information content (AvgIpc) is 3.40. The van der Waals surface area contributed by atoms with Crippen molar-refractivity contribution in [3.8, 4) is 17.1 Å². The number of aryl methyl sites for hydroxylation is 1. The van der Waals surface area contributed by atoms with E-state index in [1.807, 2.05) is 19.2 Å². The zero-order valence-corrected chi connectivity index (χ0v) is 16.8. The van der Waals surface area contributed by atoms with Gasteiger partial charge in [-0.3, -0.25) is 4.68 Å². The van der Waals surface area contributed by atoms with E-state index in [0.717, 1.165) is 17.3 Å². The number of halogens is 1. The predicted molar refractivity (Wildman–Crippen MR) is 111 cm³/mol. The number of hydrogen-bond donors (Lipinski definition) is 3. The van der Waals surface area contributed by atoms with Gasteiger partial charge in [0.15, 0.2) is 16.9 Å². The Bertz CT molecular complexity index is 1270. The maximum atomic E-state index is 12.3. The lowest BCUT2D eigenvalue weighted by Crippen LogP contribution is -2.35. The standard InChI is InChI=1S/C20H19ClN6O3/c1-27-15-6-10(21)2-5-13(15)17(26-27)14-8-22-19-18(25-14)16(9-23-19)30-20(29)24-11-3-4-12(28)7-11/h2,5-6,8-9,11-12,28H,3-4,7H2,1H3,(H,22,23)(H,24,29)/t11-,12+/m1/s1. The van der Waals surface area contributed by atoms with Crippen LogP contribution in [0.5, 0.6) is 5.75 Å². The first kappa shape index (κ1) is 18.8. The molecule has 3 aromatic heterocycles. The number of ether oxygens (including phenoxy) is 1. The van der Waals surface area contributed by atoms with Crippen LogP contribution in [0.25, 0.3) is 33.5 Å². The molecule has 0 spiro atoms. The van der Waals surface area contributed by atoms with Crippen LogP contribution in [0, 0.1) is 0 Å². The number of aromatic nitrogens is 5. The van der Waals surface area contributed by atoms with E-state index >= 15 is 0 Å². The van der Waals surface area contributed by atoms with Gasteiger partial charge in [-0.1, -0.05) is 11.6 Å². The van der Waals surface area contributed by atoms with E-state index in [-0.39, 0.29) is 17.9 Å². The molecular weight excluding hydrogens is 408 g/mol. The number of aliphatic hydroxyl groups excluding tert-OH is 1. The van der Waals surface area contributed by atoms with E-state index in [4.69, 9.17) is 16.3 Å². The van der Waals surface area contributed by atoms with Gasteiger partial charge in [-0.05, 0) is 37.5 Å². The summed E-state index contributed by atoms with van der Waals surface area (Å²) < 4.78 is 7.19. The summed E-state index contributed by atoms with van der Waals surface area (Å²) in [6.07, 6.45) is 4.15. The zero-order chi connectivity index (χ0) is 20.8. The molecule has 3 N–H and O–H groups in total. The number of hydrogen-bond acceptors (Lipinski definition) is 6. The summed E-state index contributed by atoms with van der Waals surface area (Å²) in [4.78, 5) is 24.3. The molecule has 0 aliphatic heterocycles. The first-order chi connectivity index (χ1) is 14.5. The third-order valence-corrected chi connectivity index (χ3v) is 5.57. The van der Waals surface area contributed by atoms with Crippen molar-refractivity contribution in [1.29, 1.82) is 0 Å². The van der Waals surface area contributed by atoms with Crippen molar-refractivity contribution in [3.05, 3.63) is 35.6 Å². The van der Waals surface area contributed by atoms with E-state index in [2.05, 4.69) is 25.4 Å². The summed E-state index contributed by atoms with van der Waals surface area (Å²) in [5.74, 6) is 0.277. The molecule has 0 saturated heterocycles.